The number of hydrogen-bond donors (Lipinski definition) is 0. The molecule has 180 valence electrons. The van der Waals surface area contributed by atoms with Crippen molar-refractivity contribution in [1.29, 1.82) is 0 Å². The van der Waals surface area contributed by atoms with Crippen molar-refractivity contribution >= 4 is 21.4 Å². The minimum atomic E-state index is -3.12. The second-order valence-electron chi connectivity index (χ2n) is 8.56. The largest absolute Gasteiger partial charge is 0.494 e. The first-order chi connectivity index (χ1) is 15.9. The van der Waals surface area contributed by atoms with Gasteiger partial charge in [-0.1, -0.05) is 31.5 Å². The van der Waals surface area contributed by atoms with E-state index in [4.69, 9.17) is 4.74 Å². The van der Waals surface area contributed by atoms with Crippen LogP contribution in [0.15, 0.2) is 48.5 Å². The number of benzene rings is 2. The van der Waals surface area contributed by atoms with Crippen molar-refractivity contribution in [3.05, 3.63) is 59.7 Å². The molecule has 1 amide bonds. The van der Waals surface area contributed by atoms with E-state index in [1.54, 1.807) is 17.0 Å². The van der Waals surface area contributed by atoms with Crippen LogP contribution in [0.25, 0.3) is 0 Å². The lowest BCUT2D eigenvalue weighted by molar-refractivity contribution is 0.0680. The Bertz CT molecular complexity index is 1020. The molecule has 0 N–H and O–H groups in total. The van der Waals surface area contributed by atoms with Crippen molar-refractivity contribution in [2.24, 2.45) is 0 Å². The van der Waals surface area contributed by atoms with Crippen LogP contribution in [0.1, 0.15) is 56.0 Å². The summed E-state index contributed by atoms with van der Waals surface area (Å²) in [6.45, 7) is 9.19. The summed E-state index contributed by atoms with van der Waals surface area (Å²) in [7, 11) is -3.12. The second-order valence-corrected chi connectivity index (χ2v) is 10.8. The molecule has 2 aromatic carbocycles. The van der Waals surface area contributed by atoms with E-state index in [0.717, 1.165) is 37.2 Å². The molecule has 0 radical (unpaired) electrons. The van der Waals surface area contributed by atoms with Crippen LogP contribution < -0.4 is 9.64 Å². The van der Waals surface area contributed by atoms with Gasteiger partial charge in [-0.15, -0.1) is 0 Å². The zero-order valence-electron chi connectivity index (χ0n) is 20.0. The number of hydrogen-bond acceptors (Lipinski definition) is 5. The highest BCUT2D eigenvalue weighted by Gasteiger charge is 2.35. The number of carbonyl (C=O) groups excluding carboxylic acids is 1. The summed E-state index contributed by atoms with van der Waals surface area (Å²) >= 11 is 0. The first-order valence-electron chi connectivity index (χ1n) is 11.9. The van der Waals surface area contributed by atoms with Crippen molar-refractivity contribution in [1.82, 2.24) is 4.90 Å². The van der Waals surface area contributed by atoms with Crippen molar-refractivity contribution in [3.8, 4) is 5.75 Å². The minimum absolute atomic E-state index is 0.0168. The number of rotatable bonds is 11. The molecule has 1 aliphatic heterocycles. The summed E-state index contributed by atoms with van der Waals surface area (Å²) in [5.74, 6) is 0.647. The molecule has 6 nitrogen and oxygen atoms in total. The van der Waals surface area contributed by atoms with Crippen LogP contribution in [0, 0.1) is 0 Å². The topological polar surface area (TPSA) is 66.9 Å². The fourth-order valence-corrected chi connectivity index (χ4v) is 5.94. The van der Waals surface area contributed by atoms with Gasteiger partial charge in [-0.25, -0.2) is 8.42 Å². The van der Waals surface area contributed by atoms with Gasteiger partial charge in [-0.3, -0.25) is 4.79 Å². The molecule has 0 aromatic heterocycles. The highest BCUT2D eigenvalue weighted by atomic mass is 32.2. The quantitative estimate of drug-likeness (QED) is 0.449. The monoisotopic (exact) mass is 472 g/mol. The molecule has 0 aliphatic carbocycles. The summed E-state index contributed by atoms with van der Waals surface area (Å²) in [4.78, 5) is 17.6. The Morgan fingerprint density at radius 2 is 1.79 bits per heavy atom. The average molecular weight is 473 g/mol. The molecule has 1 saturated heterocycles. The van der Waals surface area contributed by atoms with Crippen molar-refractivity contribution in [2.75, 3.05) is 36.1 Å². The number of carbonyl (C=O) groups is 1. The maximum Gasteiger partial charge on any atom is 0.254 e. The Morgan fingerprint density at radius 1 is 1.06 bits per heavy atom. The van der Waals surface area contributed by atoms with E-state index in [-0.39, 0.29) is 23.5 Å². The molecular formula is C26H36N2O4S. The standard InChI is InChI=1S/C26H36N2O4S/c1-4-7-16-32-25-10-8-9-22(18-25)26(29)28(24-15-17-33(30,31)20-24)19-21-11-13-23(14-12-21)27(5-2)6-3/h8-14,18,24H,4-7,15-17,19-20H2,1-3H3. The summed E-state index contributed by atoms with van der Waals surface area (Å²) in [5, 5.41) is 0. The Hall–Kier alpha value is -2.54. The SMILES string of the molecule is CCCCOc1cccc(C(=O)N(Cc2ccc(N(CC)CC)cc2)C2CCS(=O)(=O)C2)c1. The number of nitrogens with zero attached hydrogens (tertiary/aromatic N) is 2. The Labute approximate surface area is 198 Å². The molecule has 1 atom stereocenters. The van der Waals surface area contributed by atoms with Gasteiger partial charge in [-0.2, -0.15) is 0 Å². The van der Waals surface area contributed by atoms with Crippen molar-refractivity contribution in [2.45, 2.75) is 52.6 Å². The molecule has 0 spiro atoms. The second kappa shape index (κ2) is 11.5. The summed E-state index contributed by atoms with van der Waals surface area (Å²) in [6.07, 6.45) is 2.46. The van der Waals surface area contributed by atoms with Crippen LogP contribution >= 0.6 is 0 Å². The molecular weight excluding hydrogens is 436 g/mol. The molecule has 2 aromatic rings. The number of ether oxygens (including phenoxy) is 1. The van der Waals surface area contributed by atoms with E-state index in [1.165, 1.54) is 0 Å². The third-order valence-corrected chi connectivity index (χ3v) is 7.93. The van der Waals surface area contributed by atoms with Crippen LogP contribution in [0.3, 0.4) is 0 Å². The Morgan fingerprint density at radius 3 is 2.39 bits per heavy atom. The van der Waals surface area contributed by atoms with Crippen molar-refractivity contribution < 1.29 is 17.9 Å². The predicted octanol–water partition coefficient (Wildman–Crippen LogP) is 4.54. The third-order valence-electron chi connectivity index (χ3n) is 6.18. The third kappa shape index (κ3) is 6.73. The molecule has 7 heteroatoms. The Kier molecular flexibility index (Phi) is 8.78. The molecule has 1 aliphatic rings. The van der Waals surface area contributed by atoms with Crippen LogP contribution in [-0.2, 0) is 16.4 Å². The molecule has 1 heterocycles. The van der Waals surface area contributed by atoms with Gasteiger partial charge in [0.2, 0.25) is 0 Å². The molecule has 33 heavy (non-hydrogen) atoms. The Balaban J connectivity index is 1.83. The van der Waals surface area contributed by atoms with E-state index in [2.05, 4.69) is 37.8 Å². The van der Waals surface area contributed by atoms with E-state index in [0.29, 0.717) is 30.9 Å². The zero-order valence-corrected chi connectivity index (χ0v) is 20.8. The van der Waals surface area contributed by atoms with Gasteiger partial charge in [0.25, 0.3) is 5.91 Å². The average Bonchev–Trinajstić information content (AvgIpc) is 3.18. The van der Waals surface area contributed by atoms with Gasteiger partial charge in [0.1, 0.15) is 5.75 Å². The number of sulfone groups is 1. The molecule has 3 rings (SSSR count). The number of amides is 1. The summed E-state index contributed by atoms with van der Waals surface area (Å²) < 4.78 is 30.1. The van der Waals surface area contributed by atoms with Gasteiger partial charge in [0.05, 0.1) is 18.1 Å². The summed E-state index contributed by atoms with van der Waals surface area (Å²) in [6, 6.07) is 15.1. The molecule has 0 bridgehead atoms. The first kappa shape index (κ1) is 25.1. The van der Waals surface area contributed by atoms with Gasteiger partial charge < -0.3 is 14.5 Å². The minimum Gasteiger partial charge on any atom is -0.494 e. The van der Waals surface area contributed by atoms with Gasteiger partial charge in [-0.05, 0) is 62.6 Å². The maximum absolute atomic E-state index is 13.6. The summed E-state index contributed by atoms with van der Waals surface area (Å²) in [5.41, 5.74) is 2.65. The highest BCUT2D eigenvalue weighted by molar-refractivity contribution is 7.91. The van der Waals surface area contributed by atoms with Crippen molar-refractivity contribution in [3.63, 3.8) is 0 Å². The van der Waals surface area contributed by atoms with E-state index in [1.807, 2.05) is 24.3 Å². The molecule has 0 saturated carbocycles. The van der Waals surface area contributed by atoms with Gasteiger partial charge >= 0.3 is 0 Å². The normalized spacial score (nSPS) is 17.0. The predicted molar refractivity (Wildman–Crippen MR) is 134 cm³/mol. The fraction of sp³-hybridized carbons (Fsp3) is 0.500. The van der Waals surface area contributed by atoms with E-state index < -0.39 is 9.84 Å². The molecule has 1 fully saturated rings. The van der Waals surface area contributed by atoms with Crippen LogP contribution in [0.2, 0.25) is 0 Å². The van der Waals surface area contributed by atoms with Crippen LogP contribution in [0.5, 0.6) is 5.75 Å². The van der Waals surface area contributed by atoms with Crippen LogP contribution in [0.4, 0.5) is 5.69 Å². The lowest BCUT2D eigenvalue weighted by atomic mass is 10.1. The zero-order chi connectivity index (χ0) is 23.8. The van der Waals surface area contributed by atoms with Gasteiger partial charge in [0, 0.05) is 36.9 Å². The number of unbranched alkanes of at least 4 members (excludes halogenated alkanes) is 1. The van der Waals surface area contributed by atoms with E-state index >= 15 is 0 Å². The smallest absolute Gasteiger partial charge is 0.254 e. The van der Waals surface area contributed by atoms with Crippen LogP contribution in [-0.4, -0.2) is 56.5 Å². The highest BCUT2D eigenvalue weighted by Crippen LogP contribution is 2.25. The lowest BCUT2D eigenvalue weighted by Gasteiger charge is -2.29. The van der Waals surface area contributed by atoms with Gasteiger partial charge in [0.15, 0.2) is 9.84 Å². The number of anilines is 1. The van der Waals surface area contributed by atoms with E-state index in [9.17, 15) is 13.2 Å². The lowest BCUT2D eigenvalue weighted by Crippen LogP contribution is -2.40. The maximum atomic E-state index is 13.6. The fourth-order valence-electron chi connectivity index (χ4n) is 4.20. The first-order valence-corrected chi connectivity index (χ1v) is 13.8. The molecule has 1 unspecified atom stereocenters.